The first-order valence-corrected chi connectivity index (χ1v) is 17.4. The van der Waals surface area contributed by atoms with E-state index in [2.05, 4.69) is 91.0 Å². The first kappa shape index (κ1) is 18.2. The van der Waals surface area contributed by atoms with Gasteiger partial charge in [-0.15, -0.1) is 0 Å². The van der Waals surface area contributed by atoms with Crippen LogP contribution in [0.3, 0.4) is 0 Å². The molecule has 0 amide bonds. The number of hydrogen-bond donors (Lipinski definition) is 0. The molecule has 4 aliphatic rings. The summed E-state index contributed by atoms with van der Waals surface area (Å²) in [6, 6.07) is 35.3. The molecule has 0 atom stereocenters. The normalized spacial score (nSPS) is 30.4. The van der Waals surface area contributed by atoms with Crippen molar-refractivity contribution in [2.45, 2.75) is 36.0 Å². The van der Waals surface area contributed by atoms with Crippen LogP contribution in [0.25, 0.3) is 0 Å². The van der Waals surface area contributed by atoms with Crippen molar-refractivity contribution in [3.8, 4) is 0 Å². The minimum absolute atomic E-state index is 0.907. The van der Waals surface area contributed by atoms with Gasteiger partial charge >= 0.3 is 180 Å². The van der Waals surface area contributed by atoms with Crippen molar-refractivity contribution >= 4 is 29.1 Å². The minimum atomic E-state index is -3.19. The van der Waals surface area contributed by atoms with Crippen LogP contribution in [-0.4, -0.2) is 18.4 Å². The van der Waals surface area contributed by atoms with Crippen molar-refractivity contribution in [3.05, 3.63) is 91.0 Å². The average molecular weight is 485 g/mol. The average Bonchev–Trinajstić information content (AvgIpc) is 2.78. The number of hydrogen-bond acceptors (Lipinski definition) is 0. The molecule has 4 aliphatic carbocycles. The maximum absolute atomic E-state index is 3.19. The van der Waals surface area contributed by atoms with Crippen molar-refractivity contribution in [2.24, 2.45) is 23.7 Å². The summed E-state index contributed by atoms with van der Waals surface area (Å²) in [5.74, 6) is 3.95. The molecule has 0 aromatic heterocycles. The molecular weight excluding hydrogens is 455 g/mol. The van der Waals surface area contributed by atoms with Gasteiger partial charge in [0.1, 0.15) is 0 Å². The first-order chi connectivity index (χ1) is 14.4. The van der Waals surface area contributed by atoms with Crippen LogP contribution in [-0.2, 0) is 0 Å². The Morgan fingerprint density at radius 2 is 0.793 bits per heavy atom. The van der Waals surface area contributed by atoms with Crippen LogP contribution in [0.5, 0.6) is 0 Å². The summed E-state index contributed by atoms with van der Waals surface area (Å²) < 4.78 is 5.98. The molecule has 4 fully saturated rings. The molecule has 3 aromatic carbocycles. The van der Waals surface area contributed by atoms with Crippen molar-refractivity contribution in [1.29, 1.82) is 0 Å². The van der Waals surface area contributed by atoms with E-state index in [4.69, 9.17) is 0 Å². The van der Waals surface area contributed by atoms with E-state index in [1.807, 2.05) is 0 Å². The SMILES string of the molecule is c1cc[c]([Sn]([c]2ccccc2)([c]2ccccc2)[CH]2C3CC4CC(C3)CC2C4)cc1. The van der Waals surface area contributed by atoms with E-state index in [0.29, 0.717) is 0 Å². The first-order valence-electron chi connectivity index (χ1n) is 11.5. The second kappa shape index (κ2) is 7.30. The predicted octanol–water partition coefficient (Wildman–Crippen LogP) is 4.98. The van der Waals surface area contributed by atoms with Crippen molar-refractivity contribution in [3.63, 3.8) is 0 Å². The Morgan fingerprint density at radius 3 is 1.14 bits per heavy atom. The molecule has 4 bridgehead atoms. The van der Waals surface area contributed by atoms with Crippen LogP contribution >= 0.6 is 0 Å². The van der Waals surface area contributed by atoms with Crippen molar-refractivity contribution in [2.75, 3.05) is 0 Å². The van der Waals surface area contributed by atoms with Gasteiger partial charge in [0.05, 0.1) is 0 Å². The third kappa shape index (κ3) is 2.85. The van der Waals surface area contributed by atoms with Crippen LogP contribution in [0.4, 0.5) is 0 Å². The van der Waals surface area contributed by atoms with Gasteiger partial charge in [0, 0.05) is 0 Å². The van der Waals surface area contributed by atoms with E-state index in [0.717, 1.165) is 27.6 Å². The van der Waals surface area contributed by atoms with Crippen molar-refractivity contribution in [1.82, 2.24) is 0 Å². The Bertz CT molecular complexity index is 838. The molecule has 29 heavy (non-hydrogen) atoms. The molecule has 0 radical (unpaired) electrons. The zero-order valence-electron chi connectivity index (χ0n) is 17.1. The van der Waals surface area contributed by atoms with E-state index < -0.39 is 18.4 Å². The van der Waals surface area contributed by atoms with Gasteiger partial charge < -0.3 is 0 Å². The maximum atomic E-state index is 2.49. The van der Waals surface area contributed by atoms with E-state index in [1.165, 1.54) is 32.1 Å². The molecule has 7 rings (SSSR count). The van der Waals surface area contributed by atoms with Crippen molar-refractivity contribution < 1.29 is 0 Å². The Kier molecular flexibility index (Phi) is 4.59. The standard InChI is InChI=1S/C10H15.3C6H5.Sn/c1-7-2-9-4-8(1)5-10(3-7)6-9;3*1-2-4-6-5-3-1;/h1,7-10H,2-6H2;3*1-5H;. The Hall–Kier alpha value is -1.54. The van der Waals surface area contributed by atoms with Gasteiger partial charge in [-0.05, 0) is 0 Å². The molecule has 0 saturated heterocycles. The molecule has 0 heterocycles. The number of rotatable bonds is 4. The molecule has 4 saturated carbocycles. The Morgan fingerprint density at radius 1 is 0.448 bits per heavy atom. The molecule has 0 spiro atoms. The van der Waals surface area contributed by atoms with Gasteiger partial charge in [-0.1, -0.05) is 0 Å². The summed E-state index contributed by atoms with van der Waals surface area (Å²) in [5.41, 5.74) is 0. The van der Waals surface area contributed by atoms with Gasteiger partial charge in [-0.3, -0.25) is 0 Å². The van der Waals surface area contributed by atoms with E-state index in [9.17, 15) is 0 Å². The van der Waals surface area contributed by atoms with Gasteiger partial charge in [-0.2, -0.15) is 0 Å². The monoisotopic (exact) mass is 486 g/mol. The Labute approximate surface area is 179 Å². The van der Waals surface area contributed by atoms with E-state index in [-0.39, 0.29) is 0 Å². The third-order valence-electron chi connectivity index (χ3n) is 8.41. The summed E-state index contributed by atoms with van der Waals surface area (Å²) in [5, 5.41) is 0. The second-order valence-corrected chi connectivity index (χ2v) is 21.3. The predicted molar refractivity (Wildman–Crippen MR) is 125 cm³/mol. The summed E-state index contributed by atoms with van der Waals surface area (Å²) in [7, 11) is 0. The van der Waals surface area contributed by atoms with E-state index in [1.54, 1.807) is 10.7 Å². The van der Waals surface area contributed by atoms with Crippen LogP contribution in [0.2, 0.25) is 3.93 Å². The van der Waals surface area contributed by atoms with Gasteiger partial charge in [0.15, 0.2) is 0 Å². The molecule has 0 N–H and O–H groups in total. The fourth-order valence-electron chi connectivity index (χ4n) is 7.81. The van der Waals surface area contributed by atoms with Crippen LogP contribution in [0.1, 0.15) is 32.1 Å². The van der Waals surface area contributed by atoms with Gasteiger partial charge in [-0.25, -0.2) is 0 Å². The van der Waals surface area contributed by atoms with Gasteiger partial charge in [0.2, 0.25) is 0 Å². The second-order valence-electron chi connectivity index (χ2n) is 9.86. The fourth-order valence-corrected chi connectivity index (χ4v) is 25.7. The fraction of sp³-hybridized carbons (Fsp3) is 0.357. The molecule has 146 valence electrons. The third-order valence-corrected chi connectivity index (χ3v) is 24.6. The molecule has 0 nitrogen and oxygen atoms in total. The number of benzene rings is 3. The summed E-state index contributed by atoms with van der Waals surface area (Å²) >= 11 is -3.19. The van der Waals surface area contributed by atoms with Crippen LogP contribution in [0.15, 0.2) is 91.0 Å². The zero-order chi connectivity index (χ0) is 19.3. The summed E-state index contributed by atoms with van der Waals surface area (Å²) in [4.78, 5) is 0. The van der Waals surface area contributed by atoms with Crippen LogP contribution in [0, 0.1) is 23.7 Å². The van der Waals surface area contributed by atoms with Crippen LogP contribution < -0.4 is 10.7 Å². The molecule has 0 aliphatic heterocycles. The molecule has 3 aromatic rings. The topological polar surface area (TPSA) is 0 Å². The summed E-state index contributed by atoms with van der Waals surface area (Å²) in [6.45, 7) is 0. The molecule has 1 heteroatoms. The Balaban J connectivity index is 1.64. The quantitative estimate of drug-likeness (QED) is 0.458. The van der Waals surface area contributed by atoms with E-state index >= 15 is 0 Å². The molecule has 0 unspecified atom stereocenters. The zero-order valence-corrected chi connectivity index (χ0v) is 19.9. The summed E-state index contributed by atoms with van der Waals surface area (Å²) in [6.07, 6.45) is 7.54. The molecular formula is C28H30Sn. The van der Waals surface area contributed by atoms with Gasteiger partial charge in [0.25, 0.3) is 0 Å².